The van der Waals surface area contributed by atoms with E-state index in [-0.39, 0.29) is 0 Å². The highest BCUT2D eigenvalue weighted by molar-refractivity contribution is 6.81. The summed E-state index contributed by atoms with van der Waals surface area (Å²) in [6.45, 7) is 2.28. The molecule has 1 aliphatic heterocycles. The number of benzene rings is 1. The van der Waals surface area contributed by atoms with Gasteiger partial charge >= 0.3 is 8.56 Å². The Hall–Kier alpha value is -0.723. The molecule has 0 N–H and O–H groups in total. The monoisotopic (exact) mass is 282 g/mol. The summed E-state index contributed by atoms with van der Waals surface area (Å²) < 4.78 is 22.2. The van der Waals surface area contributed by atoms with Crippen molar-refractivity contribution >= 4 is 13.7 Å². The van der Waals surface area contributed by atoms with Crippen LogP contribution < -0.4 is 5.19 Å². The van der Waals surface area contributed by atoms with Gasteiger partial charge in [-0.2, -0.15) is 0 Å². The van der Waals surface area contributed by atoms with Crippen LogP contribution in [0.1, 0.15) is 6.42 Å². The number of rotatable bonds is 9. The maximum absolute atomic E-state index is 5.75. The van der Waals surface area contributed by atoms with Gasteiger partial charge in [-0.05, 0) is 17.7 Å². The third kappa shape index (κ3) is 4.12. The Balaban J connectivity index is 1.83. The van der Waals surface area contributed by atoms with Crippen LogP contribution in [0, 0.1) is 0 Å². The molecular formula is C14H22O4Si. The molecule has 1 aromatic rings. The van der Waals surface area contributed by atoms with E-state index >= 15 is 0 Å². The molecule has 1 atom stereocenters. The van der Waals surface area contributed by atoms with Crippen LogP contribution in [-0.4, -0.2) is 48.7 Å². The van der Waals surface area contributed by atoms with E-state index in [2.05, 4.69) is 12.1 Å². The number of ether oxygens (including phenoxy) is 2. The molecule has 1 heterocycles. The van der Waals surface area contributed by atoms with Crippen molar-refractivity contribution < 1.29 is 18.3 Å². The maximum Gasteiger partial charge on any atom is 0.372 e. The molecular weight excluding hydrogens is 260 g/mol. The van der Waals surface area contributed by atoms with Crippen LogP contribution in [0.15, 0.2) is 30.3 Å². The predicted octanol–water partition coefficient (Wildman–Crippen LogP) is 1.43. The Morgan fingerprint density at radius 2 is 1.89 bits per heavy atom. The first-order chi connectivity index (χ1) is 9.30. The van der Waals surface area contributed by atoms with Gasteiger partial charge < -0.3 is 18.3 Å². The van der Waals surface area contributed by atoms with Crippen LogP contribution in [0.3, 0.4) is 0 Å². The third-order valence-corrected chi connectivity index (χ3v) is 6.92. The van der Waals surface area contributed by atoms with Crippen LogP contribution in [0.4, 0.5) is 0 Å². The second kappa shape index (κ2) is 7.16. The van der Waals surface area contributed by atoms with E-state index in [4.69, 9.17) is 18.3 Å². The summed E-state index contributed by atoms with van der Waals surface area (Å²) in [5, 5.41) is 1.17. The Kier molecular flexibility index (Phi) is 5.54. The van der Waals surface area contributed by atoms with Crippen LogP contribution in [-0.2, 0) is 18.3 Å². The molecule has 1 fully saturated rings. The van der Waals surface area contributed by atoms with E-state index in [0.717, 1.165) is 25.7 Å². The van der Waals surface area contributed by atoms with Gasteiger partial charge in [-0.25, -0.2) is 0 Å². The van der Waals surface area contributed by atoms with Crippen molar-refractivity contribution in [1.29, 1.82) is 0 Å². The summed E-state index contributed by atoms with van der Waals surface area (Å²) in [7, 11) is 1.18. The van der Waals surface area contributed by atoms with Gasteiger partial charge in [0.05, 0.1) is 13.2 Å². The fourth-order valence-corrected chi connectivity index (χ4v) is 4.79. The van der Waals surface area contributed by atoms with Crippen molar-refractivity contribution in [2.45, 2.75) is 18.6 Å². The van der Waals surface area contributed by atoms with E-state index in [1.165, 1.54) is 5.19 Å². The van der Waals surface area contributed by atoms with E-state index in [9.17, 15) is 0 Å². The van der Waals surface area contributed by atoms with Crippen molar-refractivity contribution in [1.82, 2.24) is 0 Å². The SMILES string of the molecule is CO[Si](CCCOCC1CO1)(OC)c1ccccc1. The Morgan fingerprint density at radius 3 is 2.47 bits per heavy atom. The Bertz CT molecular complexity index is 363. The first-order valence-electron chi connectivity index (χ1n) is 6.66. The molecule has 0 saturated carbocycles. The average molecular weight is 282 g/mol. The lowest BCUT2D eigenvalue weighted by Crippen LogP contribution is -2.52. The summed E-state index contributed by atoms with van der Waals surface area (Å²) in [5.74, 6) is 0. The lowest BCUT2D eigenvalue weighted by Gasteiger charge is -2.27. The minimum Gasteiger partial charge on any atom is -0.394 e. The van der Waals surface area contributed by atoms with E-state index in [1.54, 1.807) is 14.2 Å². The molecule has 0 aliphatic carbocycles. The van der Waals surface area contributed by atoms with Gasteiger partial charge in [0.2, 0.25) is 0 Å². The van der Waals surface area contributed by atoms with Gasteiger partial charge in [-0.15, -0.1) is 0 Å². The summed E-state index contributed by atoms with van der Waals surface area (Å²) >= 11 is 0. The molecule has 0 spiro atoms. The van der Waals surface area contributed by atoms with Gasteiger partial charge in [0.25, 0.3) is 0 Å². The van der Waals surface area contributed by atoms with Crippen molar-refractivity contribution in [3.63, 3.8) is 0 Å². The zero-order valence-corrected chi connectivity index (χ0v) is 12.6. The van der Waals surface area contributed by atoms with Crippen LogP contribution in [0.25, 0.3) is 0 Å². The zero-order valence-electron chi connectivity index (χ0n) is 11.6. The highest BCUT2D eigenvalue weighted by Gasteiger charge is 2.37. The highest BCUT2D eigenvalue weighted by atomic mass is 28.4. The first kappa shape index (κ1) is 14.7. The molecule has 1 aliphatic rings. The molecule has 0 aromatic heterocycles. The third-order valence-electron chi connectivity index (χ3n) is 3.37. The molecule has 0 radical (unpaired) electrons. The zero-order chi connectivity index (χ0) is 13.6. The molecule has 2 rings (SSSR count). The van der Waals surface area contributed by atoms with Crippen molar-refractivity contribution in [2.24, 2.45) is 0 Å². The molecule has 1 unspecified atom stereocenters. The van der Waals surface area contributed by atoms with Gasteiger partial charge in [-0.1, -0.05) is 30.3 Å². The number of hydrogen-bond donors (Lipinski definition) is 0. The quantitative estimate of drug-likeness (QED) is 0.390. The average Bonchev–Trinajstić information content (AvgIpc) is 3.28. The van der Waals surface area contributed by atoms with Crippen molar-refractivity contribution in [3.8, 4) is 0 Å². The minimum atomic E-state index is -2.29. The molecule has 4 nitrogen and oxygen atoms in total. The molecule has 5 heteroatoms. The standard InChI is InChI=1S/C14H22O4Si/c1-15-19(16-2,14-7-4-3-5-8-14)10-6-9-17-11-13-12-18-13/h3-5,7-8,13H,6,9-12H2,1-2H3. The maximum atomic E-state index is 5.75. The molecule has 0 bridgehead atoms. The summed E-state index contributed by atoms with van der Waals surface area (Å²) in [6.07, 6.45) is 1.27. The largest absolute Gasteiger partial charge is 0.394 e. The van der Waals surface area contributed by atoms with Gasteiger partial charge in [0.1, 0.15) is 6.10 Å². The van der Waals surface area contributed by atoms with E-state index in [0.29, 0.717) is 12.7 Å². The van der Waals surface area contributed by atoms with Crippen LogP contribution >= 0.6 is 0 Å². The summed E-state index contributed by atoms with van der Waals surface area (Å²) in [6, 6.07) is 11.1. The van der Waals surface area contributed by atoms with E-state index in [1.807, 2.05) is 18.2 Å². The van der Waals surface area contributed by atoms with Crippen molar-refractivity contribution in [3.05, 3.63) is 30.3 Å². The Morgan fingerprint density at radius 1 is 1.21 bits per heavy atom. The van der Waals surface area contributed by atoms with E-state index < -0.39 is 8.56 Å². The van der Waals surface area contributed by atoms with Gasteiger partial charge in [0, 0.05) is 20.8 Å². The normalized spacial score (nSPS) is 18.5. The van der Waals surface area contributed by atoms with Crippen LogP contribution in [0.2, 0.25) is 6.04 Å². The van der Waals surface area contributed by atoms with Gasteiger partial charge in [-0.3, -0.25) is 0 Å². The second-order valence-corrected chi connectivity index (χ2v) is 8.06. The molecule has 0 amide bonds. The number of hydrogen-bond acceptors (Lipinski definition) is 4. The molecule has 19 heavy (non-hydrogen) atoms. The van der Waals surface area contributed by atoms with Gasteiger partial charge in [0.15, 0.2) is 0 Å². The minimum absolute atomic E-state index is 0.334. The van der Waals surface area contributed by atoms with Crippen molar-refractivity contribution in [2.75, 3.05) is 34.0 Å². The highest BCUT2D eigenvalue weighted by Crippen LogP contribution is 2.15. The Labute approximate surface area is 115 Å². The second-order valence-electron chi connectivity index (χ2n) is 4.66. The first-order valence-corrected chi connectivity index (χ1v) is 8.68. The fourth-order valence-electron chi connectivity index (χ4n) is 2.15. The summed E-state index contributed by atoms with van der Waals surface area (Å²) in [4.78, 5) is 0. The predicted molar refractivity (Wildman–Crippen MR) is 75.8 cm³/mol. The number of epoxide rings is 1. The molecule has 1 aromatic carbocycles. The topological polar surface area (TPSA) is 40.2 Å². The lowest BCUT2D eigenvalue weighted by molar-refractivity contribution is 0.115. The molecule has 1 saturated heterocycles. The fraction of sp³-hybridized carbons (Fsp3) is 0.571. The molecule has 106 valence electrons. The van der Waals surface area contributed by atoms with Crippen LogP contribution in [0.5, 0.6) is 0 Å². The summed E-state index contributed by atoms with van der Waals surface area (Å²) in [5.41, 5.74) is 0. The lowest BCUT2D eigenvalue weighted by atomic mass is 10.4. The smallest absolute Gasteiger partial charge is 0.372 e.